The van der Waals surface area contributed by atoms with Crippen molar-refractivity contribution in [2.75, 3.05) is 19.0 Å². The fourth-order valence-electron chi connectivity index (χ4n) is 2.76. The van der Waals surface area contributed by atoms with Crippen LogP contribution in [0, 0.1) is 10.8 Å². The van der Waals surface area contributed by atoms with E-state index in [9.17, 15) is 9.90 Å². The highest BCUT2D eigenvalue weighted by Crippen LogP contribution is 2.42. The molecule has 0 aliphatic carbocycles. The minimum absolute atomic E-state index is 0.00648. The molecule has 1 saturated heterocycles. The molecule has 2 unspecified atom stereocenters. The molecule has 1 N–H and O–H groups in total. The number of alkyl halides is 1. The quantitative estimate of drug-likeness (QED) is 0.790. The zero-order chi connectivity index (χ0) is 16.5. The smallest absolute Gasteiger partial charge is 0.410 e. The Labute approximate surface area is 133 Å². The molecule has 1 aliphatic heterocycles. The lowest BCUT2D eigenvalue weighted by atomic mass is 9.70. The number of likely N-dealkylation sites (tertiary alicyclic amines) is 1. The summed E-state index contributed by atoms with van der Waals surface area (Å²) < 4.78 is 5.53. The first-order valence-electron chi connectivity index (χ1n) is 7.61. The number of carbonyl (C=O) groups is 1. The summed E-state index contributed by atoms with van der Waals surface area (Å²) in [5, 5.41) is 9.72. The van der Waals surface area contributed by atoms with Gasteiger partial charge in [-0.05, 0) is 39.0 Å². The molecule has 0 radical (unpaired) electrons. The fourth-order valence-corrected chi connectivity index (χ4v) is 3.08. The van der Waals surface area contributed by atoms with Crippen LogP contribution in [-0.2, 0) is 4.74 Å². The Morgan fingerprint density at radius 2 is 1.90 bits per heavy atom. The number of aliphatic hydroxyl groups is 1. The molecular formula is C16H30ClNO3. The van der Waals surface area contributed by atoms with Crippen molar-refractivity contribution in [1.82, 2.24) is 4.90 Å². The highest BCUT2D eigenvalue weighted by molar-refractivity contribution is 6.18. The van der Waals surface area contributed by atoms with E-state index < -0.39 is 5.60 Å². The highest BCUT2D eigenvalue weighted by atomic mass is 35.5. The lowest BCUT2D eigenvalue weighted by molar-refractivity contribution is -0.0399. The number of piperidine rings is 1. The van der Waals surface area contributed by atoms with Gasteiger partial charge in [0.15, 0.2) is 0 Å². The Balaban J connectivity index is 2.97. The number of halogens is 1. The Bertz CT molecular complexity index is 367. The van der Waals surface area contributed by atoms with Gasteiger partial charge in [0.05, 0.1) is 0 Å². The number of carbonyl (C=O) groups excluding carboxylic acids is 1. The van der Waals surface area contributed by atoms with E-state index in [-0.39, 0.29) is 29.6 Å². The van der Waals surface area contributed by atoms with Crippen molar-refractivity contribution < 1.29 is 14.6 Å². The number of nitrogens with zero attached hydrogens (tertiary/aromatic N) is 1. The highest BCUT2D eigenvalue weighted by Gasteiger charge is 2.46. The first-order valence-corrected chi connectivity index (χ1v) is 8.14. The van der Waals surface area contributed by atoms with E-state index in [0.29, 0.717) is 25.3 Å². The van der Waals surface area contributed by atoms with Crippen molar-refractivity contribution in [1.29, 1.82) is 0 Å². The molecule has 5 heteroatoms. The Kier molecular flexibility index (Phi) is 5.60. The molecule has 2 atom stereocenters. The van der Waals surface area contributed by atoms with E-state index >= 15 is 0 Å². The topological polar surface area (TPSA) is 49.8 Å². The van der Waals surface area contributed by atoms with Crippen LogP contribution in [0.1, 0.15) is 54.4 Å². The van der Waals surface area contributed by atoms with Gasteiger partial charge < -0.3 is 14.7 Å². The van der Waals surface area contributed by atoms with Crippen LogP contribution in [0.2, 0.25) is 0 Å². The van der Waals surface area contributed by atoms with Crippen LogP contribution in [0.4, 0.5) is 4.79 Å². The number of hydrogen-bond acceptors (Lipinski definition) is 3. The molecule has 1 rings (SSSR count). The van der Waals surface area contributed by atoms with E-state index in [2.05, 4.69) is 20.8 Å². The predicted molar refractivity (Wildman–Crippen MR) is 85.7 cm³/mol. The van der Waals surface area contributed by atoms with Gasteiger partial charge >= 0.3 is 6.09 Å². The van der Waals surface area contributed by atoms with E-state index in [4.69, 9.17) is 16.3 Å². The first-order chi connectivity index (χ1) is 9.44. The van der Waals surface area contributed by atoms with Gasteiger partial charge in [-0.3, -0.25) is 0 Å². The molecule has 124 valence electrons. The van der Waals surface area contributed by atoms with Gasteiger partial charge in [0.1, 0.15) is 5.60 Å². The lowest BCUT2D eigenvalue weighted by Gasteiger charge is -2.50. The second kappa shape index (κ2) is 6.33. The molecule has 1 aliphatic rings. The summed E-state index contributed by atoms with van der Waals surface area (Å²) in [7, 11) is 0. The summed E-state index contributed by atoms with van der Waals surface area (Å²) in [6.45, 7) is 12.6. The van der Waals surface area contributed by atoms with Crippen LogP contribution in [-0.4, -0.2) is 46.8 Å². The maximum atomic E-state index is 12.5. The Morgan fingerprint density at radius 3 is 2.29 bits per heavy atom. The van der Waals surface area contributed by atoms with Gasteiger partial charge in [0.2, 0.25) is 0 Å². The van der Waals surface area contributed by atoms with Crippen molar-refractivity contribution in [3.63, 3.8) is 0 Å². The number of ether oxygens (including phenoxy) is 1. The maximum absolute atomic E-state index is 12.5. The second-order valence-electron chi connectivity index (χ2n) is 8.30. The van der Waals surface area contributed by atoms with Crippen LogP contribution in [0.3, 0.4) is 0 Å². The van der Waals surface area contributed by atoms with Crippen LogP contribution in [0.25, 0.3) is 0 Å². The monoisotopic (exact) mass is 319 g/mol. The zero-order valence-corrected chi connectivity index (χ0v) is 15.0. The third-order valence-corrected chi connectivity index (χ3v) is 4.70. The average Bonchev–Trinajstić information content (AvgIpc) is 2.35. The number of aliphatic hydroxyl groups excluding tert-OH is 1. The Hall–Kier alpha value is -0.480. The van der Waals surface area contributed by atoms with Crippen molar-refractivity contribution >= 4 is 17.7 Å². The molecule has 0 aromatic carbocycles. The van der Waals surface area contributed by atoms with Gasteiger partial charge in [-0.25, -0.2) is 4.79 Å². The van der Waals surface area contributed by atoms with Crippen LogP contribution in [0.15, 0.2) is 0 Å². The zero-order valence-electron chi connectivity index (χ0n) is 14.2. The third-order valence-electron chi connectivity index (χ3n) is 4.13. The molecule has 1 heterocycles. The number of rotatable bonds is 2. The maximum Gasteiger partial charge on any atom is 0.410 e. The van der Waals surface area contributed by atoms with E-state index in [1.54, 1.807) is 0 Å². The minimum Gasteiger partial charge on any atom is -0.444 e. The summed E-state index contributed by atoms with van der Waals surface area (Å²) >= 11 is 6.09. The molecule has 0 aromatic heterocycles. The normalized spacial score (nSPS) is 27.6. The van der Waals surface area contributed by atoms with Crippen LogP contribution in [0.5, 0.6) is 0 Å². The van der Waals surface area contributed by atoms with Crippen molar-refractivity contribution in [3.8, 4) is 0 Å². The fraction of sp³-hybridized carbons (Fsp3) is 0.938. The van der Waals surface area contributed by atoms with Gasteiger partial charge in [-0.2, -0.15) is 0 Å². The number of amides is 1. The van der Waals surface area contributed by atoms with Crippen LogP contribution < -0.4 is 0 Å². The molecule has 0 aromatic rings. The van der Waals surface area contributed by atoms with Crippen molar-refractivity contribution in [3.05, 3.63) is 0 Å². The third kappa shape index (κ3) is 4.75. The van der Waals surface area contributed by atoms with Gasteiger partial charge in [-0.1, -0.05) is 20.8 Å². The molecule has 0 spiro atoms. The summed E-state index contributed by atoms with van der Waals surface area (Å²) in [5.41, 5.74) is -0.890. The van der Waals surface area contributed by atoms with Crippen LogP contribution >= 0.6 is 11.6 Å². The molecule has 0 bridgehead atoms. The summed E-state index contributed by atoms with van der Waals surface area (Å²) in [6.07, 6.45) is 1.14. The second-order valence-corrected chi connectivity index (χ2v) is 8.57. The SMILES string of the molecule is CC(C)(C)OC(=O)N1CCC(CO)(CCl)CC1C(C)(C)C. The van der Waals surface area contributed by atoms with Gasteiger partial charge in [0, 0.05) is 30.5 Å². The molecular weight excluding hydrogens is 290 g/mol. The van der Waals surface area contributed by atoms with Crippen molar-refractivity contribution in [2.45, 2.75) is 66.0 Å². The van der Waals surface area contributed by atoms with E-state index in [1.165, 1.54) is 0 Å². The average molecular weight is 320 g/mol. The molecule has 1 fully saturated rings. The van der Waals surface area contributed by atoms with E-state index in [1.807, 2.05) is 25.7 Å². The number of hydrogen-bond donors (Lipinski definition) is 1. The molecule has 0 saturated carbocycles. The van der Waals surface area contributed by atoms with Gasteiger partial charge in [0.25, 0.3) is 0 Å². The van der Waals surface area contributed by atoms with Crippen molar-refractivity contribution in [2.24, 2.45) is 10.8 Å². The summed E-state index contributed by atoms with van der Waals surface area (Å²) in [5.74, 6) is 0.415. The molecule has 21 heavy (non-hydrogen) atoms. The minimum atomic E-state index is -0.502. The summed E-state index contributed by atoms with van der Waals surface area (Å²) in [4.78, 5) is 14.3. The first kappa shape index (κ1) is 18.6. The molecule has 1 amide bonds. The van der Waals surface area contributed by atoms with E-state index in [0.717, 1.165) is 0 Å². The predicted octanol–water partition coefficient (Wildman–Crippen LogP) is 3.65. The molecule has 4 nitrogen and oxygen atoms in total. The lowest BCUT2D eigenvalue weighted by Crippen LogP contribution is -2.57. The largest absolute Gasteiger partial charge is 0.444 e. The Morgan fingerprint density at radius 1 is 1.33 bits per heavy atom. The van der Waals surface area contributed by atoms with Gasteiger partial charge in [-0.15, -0.1) is 11.6 Å². The standard InChI is InChI=1S/C16H30ClNO3/c1-14(2,3)12-9-16(10-17,11-19)7-8-18(12)13(20)21-15(4,5)6/h12,19H,7-11H2,1-6H3. The summed E-state index contributed by atoms with van der Waals surface area (Å²) in [6, 6.07) is 0.00648.